The average Bonchev–Trinajstić information content (AvgIpc) is 3.43. The van der Waals surface area contributed by atoms with Crippen LogP contribution in [0.1, 0.15) is 5.69 Å². The van der Waals surface area contributed by atoms with Crippen LogP contribution in [0.25, 0.3) is 22.8 Å². The van der Waals surface area contributed by atoms with Gasteiger partial charge in [0.1, 0.15) is 18.0 Å². The number of amides is 1. The average molecular weight is 400 g/mol. The van der Waals surface area contributed by atoms with Gasteiger partial charge in [0, 0.05) is 22.7 Å². The van der Waals surface area contributed by atoms with Gasteiger partial charge in [0.15, 0.2) is 5.76 Å². The van der Waals surface area contributed by atoms with Crippen molar-refractivity contribution in [3.05, 3.63) is 65.5 Å². The van der Waals surface area contributed by atoms with Gasteiger partial charge in [0.25, 0.3) is 5.91 Å². The first-order valence-corrected chi connectivity index (χ1v) is 8.65. The van der Waals surface area contributed by atoms with Gasteiger partial charge in [-0.25, -0.2) is 0 Å². The zero-order valence-electron chi connectivity index (χ0n) is 14.4. The first kappa shape index (κ1) is 18.0. The van der Waals surface area contributed by atoms with Crippen molar-refractivity contribution in [2.24, 2.45) is 0 Å². The fraction of sp³-hybridized carbons (Fsp3) is 0.105. The monoisotopic (exact) mass is 399 g/mol. The number of carbonyl (C=O) groups excluding carboxylic acids is 1. The summed E-state index contributed by atoms with van der Waals surface area (Å²) in [6.45, 7) is -0.0715. The maximum absolute atomic E-state index is 12.0. The largest absolute Gasteiger partial charge is 0.461 e. The van der Waals surface area contributed by atoms with Crippen molar-refractivity contribution in [3.63, 3.8) is 0 Å². The second-order valence-electron chi connectivity index (χ2n) is 5.79. The molecule has 1 amide bonds. The molecule has 1 N–H and O–H groups in total. The lowest BCUT2D eigenvalue weighted by atomic mass is 10.1. The smallest absolute Gasteiger partial charge is 0.252 e. The molecule has 0 unspecified atom stereocenters. The molecule has 3 aromatic heterocycles. The highest BCUT2D eigenvalue weighted by molar-refractivity contribution is 6.30. The van der Waals surface area contributed by atoms with E-state index in [0.29, 0.717) is 27.9 Å². The lowest BCUT2D eigenvalue weighted by molar-refractivity contribution is -0.121. The van der Waals surface area contributed by atoms with Gasteiger partial charge in [0.05, 0.1) is 12.9 Å². The van der Waals surface area contributed by atoms with Crippen LogP contribution < -0.4 is 5.32 Å². The van der Waals surface area contributed by atoms with Gasteiger partial charge in [-0.3, -0.25) is 10.1 Å². The van der Waals surface area contributed by atoms with E-state index in [9.17, 15) is 4.79 Å². The molecule has 0 bridgehead atoms. The third kappa shape index (κ3) is 4.30. The Bertz CT molecular complexity index is 1070. The van der Waals surface area contributed by atoms with Crippen molar-refractivity contribution in [1.29, 1.82) is 0 Å². The van der Waals surface area contributed by atoms with Crippen LogP contribution in [0.3, 0.4) is 0 Å². The molecule has 4 rings (SSSR count). The Kier molecular flexibility index (Phi) is 5.22. The highest BCUT2D eigenvalue weighted by atomic mass is 35.5. The summed E-state index contributed by atoms with van der Waals surface area (Å²) in [7, 11) is 0. The van der Waals surface area contributed by atoms with Crippen LogP contribution in [0, 0.1) is 0 Å². The van der Waals surface area contributed by atoms with E-state index in [1.807, 2.05) is 6.07 Å². The fourth-order valence-corrected chi connectivity index (χ4v) is 2.64. The number of hydrogen-bond acceptors (Lipinski definition) is 7. The van der Waals surface area contributed by atoms with Crippen molar-refractivity contribution in [2.75, 3.05) is 11.9 Å². The summed E-state index contributed by atoms with van der Waals surface area (Å²) in [5, 5.41) is 10.9. The number of ether oxygens (including phenoxy) is 1. The molecule has 0 radical (unpaired) electrons. The molecule has 0 aliphatic heterocycles. The van der Waals surface area contributed by atoms with Gasteiger partial charge >= 0.3 is 0 Å². The summed E-state index contributed by atoms with van der Waals surface area (Å²) < 4.78 is 20.8. The second kappa shape index (κ2) is 8.12. The number of hydrogen-bond donors (Lipinski definition) is 1. The molecular weight excluding hydrogens is 386 g/mol. The minimum Gasteiger partial charge on any atom is -0.461 e. The van der Waals surface area contributed by atoms with Crippen molar-refractivity contribution in [2.45, 2.75) is 6.61 Å². The van der Waals surface area contributed by atoms with Gasteiger partial charge in [0.2, 0.25) is 11.6 Å². The van der Waals surface area contributed by atoms with E-state index in [-0.39, 0.29) is 25.0 Å². The SMILES string of the molecule is O=C(COCc1cc(-c2ccco2)on1)Nc1cc(-c2cccc(Cl)c2)no1. The van der Waals surface area contributed by atoms with Crippen molar-refractivity contribution >= 4 is 23.4 Å². The molecule has 0 aliphatic carbocycles. The maximum atomic E-state index is 12.0. The Balaban J connectivity index is 1.27. The first-order chi connectivity index (χ1) is 13.7. The topological polar surface area (TPSA) is 104 Å². The minimum absolute atomic E-state index is 0.113. The lowest BCUT2D eigenvalue weighted by Gasteiger charge is -2.01. The van der Waals surface area contributed by atoms with Crippen molar-refractivity contribution in [3.8, 4) is 22.8 Å². The molecule has 0 aliphatic rings. The van der Waals surface area contributed by atoms with Crippen LogP contribution in [0.4, 0.5) is 5.88 Å². The van der Waals surface area contributed by atoms with E-state index in [4.69, 9.17) is 29.8 Å². The first-order valence-electron chi connectivity index (χ1n) is 8.27. The normalized spacial score (nSPS) is 10.9. The molecule has 3 heterocycles. The zero-order valence-corrected chi connectivity index (χ0v) is 15.2. The van der Waals surface area contributed by atoms with Gasteiger partial charge < -0.3 is 18.2 Å². The van der Waals surface area contributed by atoms with Gasteiger partial charge in [-0.05, 0) is 24.3 Å². The zero-order chi connectivity index (χ0) is 19.3. The number of furan rings is 1. The summed E-state index contributed by atoms with van der Waals surface area (Å²) in [5.41, 5.74) is 1.89. The third-order valence-electron chi connectivity index (χ3n) is 3.70. The summed E-state index contributed by atoms with van der Waals surface area (Å²) in [5.74, 6) is 0.884. The molecule has 0 fully saturated rings. The highest BCUT2D eigenvalue weighted by Crippen LogP contribution is 2.24. The molecule has 4 aromatic rings. The third-order valence-corrected chi connectivity index (χ3v) is 3.93. The minimum atomic E-state index is -0.386. The molecule has 0 spiro atoms. The molecule has 0 atom stereocenters. The quantitative estimate of drug-likeness (QED) is 0.491. The summed E-state index contributed by atoms with van der Waals surface area (Å²) in [4.78, 5) is 12.0. The van der Waals surface area contributed by atoms with E-state index < -0.39 is 0 Å². The Morgan fingerprint density at radius 3 is 2.82 bits per heavy atom. The lowest BCUT2D eigenvalue weighted by Crippen LogP contribution is -2.17. The van der Waals surface area contributed by atoms with Crippen LogP contribution in [0.5, 0.6) is 0 Å². The maximum Gasteiger partial charge on any atom is 0.252 e. The molecule has 0 saturated carbocycles. The van der Waals surface area contributed by atoms with E-state index in [2.05, 4.69) is 15.6 Å². The number of nitrogens with zero attached hydrogens (tertiary/aromatic N) is 2. The van der Waals surface area contributed by atoms with Gasteiger partial charge in [-0.1, -0.05) is 34.0 Å². The molecule has 142 valence electrons. The molecule has 9 heteroatoms. The molecule has 8 nitrogen and oxygen atoms in total. The Morgan fingerprint density at radius 2 is 2.00 bits per heavy atom. The summed E-state index contributed by atoms with van der Waals surface area (Å²) in [6, 6.07) is 14.0. The second-order valence-corrected chi connectivity index (χ2v) is 6.22. The van der Waals surface area contributed by atoms with E-state index in [1.165, 1.54) is 0 Å². The molecule has 1 aromatic carbocycles. The summed E-state index contributed by atoms with van der Waals surface area (Å²) >= 11 is 5.96. The highest BCUT2D eigenvalue weighted by Gasteiger charge is 2.12. The van der Waals surface area contributed by atoms with Crippen molar-refractivity contribution < 1.29 is 23.0 Å². The van der Waals surface area contributed by atoms with Crippen LogP contribution in [0.2, 0.25) is 5.02 Å². The predicted octanol–water partition coefficient (Wildman–Crippen LogP) is 4.40. The fourth-order valence-electron chi connectivity index (χ4n) is 2.45. The number of benzene rings is 1. The number of rotatable bonds is 7. The molecular formula is C19H14ClN3O5. The van der Waals surface area contributed by atoms with Crippen LogP contribution >= 0.6 is 11.6 Å². The van der Waals surface area contributed by atoms with E-state index in [1.54, 1.807) is 48.7 Å². The van der Waals surface area contributed by atoms with Gasteiger partial charge in [-0.2, -0.15) is 0 Å². The molecule has 0 saturated heterocycles. The Hall–Kier alpha value is -3.36. The number of aromatic nitrogens is 2. The standard InChI is InChI=1S/C19H14ClN3O5/c20-13-4-1-3-12(7-13)15-9-19(28-23-15)21-18(24)11-25-10-14-8-17(27-22-14)16-5-2-6-26-16/h1-9H,10-11H2,(H,21,24). The van der Waals surface area contributed by atoms with Gasteiger partial charge in [-0.15, -0.1) is 0 Å². The van der Waals surface area contributed by atoms with Crippen LogP contribution in [0.15, 0.2) is 68.3 Å². The number of carbonyl (C=O) groups is 1. The number of halogens is 1. The predicted molar refractivity (Wildman–Crippen MR) is 99.4 cm³/mol. The van der Waals surface area contributed by atoms with E-state index >= 15 is 0 Å². The number of nitrogens with one attached hydrogen (secondary N) is 1. The van der Waals surface area contributed by atoms with Crippen LogP contribution in [-0.4, -0.2) is 22.8 Å². The Labute approximate surface area is 164 Å². The molecule has 28 heavy (non-hydrogen) atoms. The Morgan fingerprint density at radius 1 is 1.07 bits per heavy atom. The van der Waals surface area contributed by atoms with Crippen molar-refractivity contribution in [1.82, 2.24) is 10.3 Å². The van der Waals surface area contributed by atoms with E-state index in [0.717, 1.165) is 5.56 Å². The number of anilines is 1. The van der Waals surface area contributed by atoms with Crippen LogP contribution in [-0.2, 0) is 16.1 Å². The summed E-state index contributed by atoms with van der Waals surface area (Å²) in [6.07, 6.45) is 1.54.